The average molecular weight is 324 g/mol. The molecule has 130 valence electrons. The summed E-state index contributed by atoms with van der Waals surface area (Å²) in [7, 11) is 4.89. The molecule has 0 radical (unpaired) electrons. The van der Waals surface area contributed by atoms with Gasteiger partial charge in [-0.3, -0.25) is 4.90 Å². The van der Waals surface area contributed by atoms with Gasteiger partial charge in [0, 0.05) is 19.6 Å². The second-order valence-electron chi connectivity index (χ2n) is 5.52. The van der Waals surface area contributed by atoms with E-state index in [4.69, 9.17) is 18.9 Å². The van der Waals surface area contributed by atoms with Crippen molar-refractivity contribution in [1.82, 2.24) is 10.2 Å². The molecule has 1 aromatic carbocycles. The summed E-state index contributed by atoms with van der Waals surface area (Å²) < 4.78 is 21.4. The van der Waals surface area contributed by atoms with Crippen molar-refractivity contribution in [3.05, 3.63) is 17.7 Å². The summed E-state index contributed by atoms with van der Waals surface area (Å²) in [6.07, 6.45) is 1.13. The molecule has 0 aromatic heterocycles. The predicted octanol–water partition coefficient (Wildman–Crippen LogP) is 1.52. The molecule has 0 amide bonds. The molecule has 1 N–H and O–H groups in total. The SMILES string of the molecule is COc1cc(CNCCCN2CCOCC2)cc(OC)c1OC. The lowest BCUT2D eigenvalue weighted by Crippen LogP contribution is -2.37. The van der Waals surface area contributed by atoms with Gasteiger partial charge in [0.25, 0.3) is 0 Å². The van der Waals surface area contributed by atoms with Crippen molar-refractivity contribution in [1.29, 1.82) is 0 Å². The van der Waals surface area contributed by atoms with Gasteiger partial charge in [-0.05, 0) is 37.2 Å². The molecule has 1 heterocycles. The summed E-state index contributed by atoms with van der Waals surface area (Å²) in [5.74, 6) is 2.01. The summed E-state index contributed by atoms with van der Waals surface area (Å²) in [4.78, 5) is 2.45. The van der Waals surface area contributed by atoms with Crippen molar-refractivity contribution in [2.45, 2.75) is 13.0 Å². The summed E-state index contributed by atoms with van der Waals surface area (Å²) in [5.41, 5.74) is 1.12. The van der Waals surface area contributed by atoms with Crippen LogP contribution in [0, 0.1) is 0 Å². The van der Waals surface area contributed by atoms with Crippen LogP contribution in [-0.4, -0.2) is 65.6 Å². The number of morpholine rings is 1. The van der Waals surface area contributed by atoms with E-state index in [0.717, 1.165) is 57.9 Å². The highest BCUT2D eigenvalue weighted by Gasteiger charge is 2.13. The molecule has 0 spiro atoms. The summed E-state index contributed by atoms with van der Waals surface area (Å²) in [6, 6.07) is 3.96. The summed E-state index contributed by atoms with van der Waals surface area (Å²) >= 11 is 0. The van der Waals surface area contributed by atoms with Crippen molar-refractivity contribution in [3.8, 4) is 17.2 Å². The summed E-state index contributed by atoms with van der Waals surface area (Å²) in [5, 5.41) is 3.47. The van der Waals surface area contributed by atoms with Gasteiger partial charge in [0.1, 0.15) is 0 Å². The van der Waals surface area contributed by atoms with E-state index in [1.165, 1.54) is 0 Å². The number of hydrogen-bond donors (Lipinski definition) is 1. The molecule has 0 bridgehead atoms. The Kier molecular flexibility index (Phi) is 7.45. The highest BCUT2D eigenvalue weighted by atomic mass is 16.5. The third kappa shape index (κ3) is 5.27. The minimum Gasteiger partial charge on any atom is -0.493 e. The fraction of sp³-hybridized carbons (Fsp3) is 0.647. The molecule has 0 atom stereocenters. The van der Waals surface area contributed by atoms with Crippen LogP contribution in [0.25, 0.3) is 0 Å². The van der Waals surface area contributed by atoms with Gasteiger partial charge in [-0.2, -0.15) is 0 Å². The first-order valence-electron chi connectivity index (χ1n) is 8.08. The Bertz CT molecular complexity index is 451. The molecule has 1 aliphatic rings. The van der Waals surface area contributed by atoms with Gasteiger partial charge in [-0.15, -0.1) is 0 Å². The highest BCUT2D eigenvalue weighted by molar-refractivity contribution is 5.53. The van der Waals surface area contributed by atoms with Gasteiger partial charge < -0.3 is 24.3 Å². The lowest BCUT2D eigenvalue weighted by molar-refractivity contribution is 0.0374. The minimum absolute atomic E-state index is 0.631. The van der Waals surface area contributed by atoms with Crippen molar-refractivity contribution >= 4 is 0 Å². The first-order chi connectivity index (χ1) is 11.3. The van der Waals surface area contributed by atoms with Gasteiger partial charge in [0.15, 0.2) is 11.5 Å². The predicted molar refractivity (Wildman–Crippen MR) is 89.7 cm³/mol. The quantitative estimate of drug-likeness (QED) is 0.695. The van der Waals surface area contributed by atoms with Crippen molar-refractivity contribution in [3.63, 3.8) is 0 Å². The normalized spacial score (nSPS) is 15.4. The van der Waals surface area contributed by atoms with Crippen LogP contribution < -0.4 is 19.5 Å². The second-order valence-corrected chi connectivity index (χ2v) is 5.52. The molecular formula is C17H28N2O4. The molecule has 0 aliphatic carbocycles. The zero-order valence-electron chi connectivity index (χ0n) is 14.4. The van der Waals surface area contributed by atoms with E-state index < -0.39 is 0 Å². The number of rotatable bonds is 9. The maximum Gasteiger partial charge on any atom is 0.203 e. The van der Waals surface area contributed by atoms with E-state index in [2.05, 4.69) is 10.2 Å². The van der Waals surface area contributed by atoms with Gasteiger partial charge in [-0.1, -0.05) is 0 Å². The molecule has 23 heavy (non-hydrogen) atoms. The fourth-order valence-corrected chi connectivity index (χ4v) is 2.72. The average Bonchev–Trinajstić information content (AvgIpc) is 2.61. The zero-order valence-corrected chi connectivity index (χ0v) is 14.4. The van der Waals surface area contributed by atoms with Crippen LogP contribution in [0.2, 0.25) is 0 Å². The Morgan fingerprint density at radius 1 is 1.04 bits per heavy atom. The first kappa shape index (κ1) is 17.8. The number of nitrogens with zero attached hydrogens (tertiary/aromatic N) is 1. The van der Waals surface area contributed by atoms with Gasteiger partial charge in [0.2, 0.25) is 5.75 Å². The van der Waals surface area contributed by atoms with Gasteiger partial charge >= 0.3 is 0 Å². The lowest BCUT2D eigenvalue weighted by atomic mass is 10.1. The number of benzene rings is 1. The largest absolute Gasteiger partial charge is 0.493 e. The molecule has 6 nitrogen and oxygen atoms in total. The third-order valence-electron chi connectivity index (χ3n) is 3.99. The molecule has 2 rings (SSSR count). The van der Waals surface area contributed by atoms with Crippen LogP contribution in [0.4, 0.5) is 0 Å². The Balaban J connectivity index is 1.78. The van der Waals surface area contributed by atoms with E-state index in [1.807, 2.05) is 12.1 Å². The number of methoxy groups -OCH3 is 3. The molecule has 1 fully saturated rings. The van der Waals surface area contributed by atoms with E-state index in [0.29, 0.717) is 17.2 Å². The number of hydrogen-bond acceptors (Lipinski definition) is 6. The standard InChI is InChI=1S/C17H28N2O4/c1-20-15-11-14(12-16(21-2)17(15)22-3)13-18-5-4-6-19-7-9-23-10-8-19/h11-12,18H,4-10,13H2,1-3H3. The van der Waals surface area contributed by atoms with Crippen molar-refractivity contribution < 1.29 is 18.9 Å². The fourth-order valence-electron chi connectivity index (χ4n) is 2.72. The van der Waals surface area contributed by atoms with Crippen LogP contribution in [0.3, 0.4) is 0 Å². The molecule has 1 aromatic rings. The lowest BCUT2D eigenvalue weighted by Gasteiger charge is -2.26. The van der Waals surface area contributed by atoms with Gasteiger partial charge in [-0.25, -0.2) is 0 Å². The van der Waals surface area contributed by atoms with Crippen LogP contribution in [-0.2, 0) is 11.3 Å². The molecule has 1 aliphatic heterocycles. The maximum atomic E-state index is 5.37. The van der Waals surface area contributed by atoms with Crippen molar-refractivity contribution in [2.24, 2.45) is 0 Å². The topological polar surface area (TPSA) is 52.2 Å². The Hall–Kier alpha value is -1.50. The van der Waals surface area contributed by atoms with E-state index in [1.54, 1.807) is 21.3 Å². The third-order valence-corrected chi connectivity index (χ3v) is 3.99. The second kappa shape index (κ2) is 9.60. The van der Waals surface area contributed by atoms with Crippen molar-refractivity contribution in [2.75, 3.05) is 60.7 Å². The van der Waals surface area contributed by atoms with E-state index >= 15 is 0 Å². The van der Waals surface area contributed by atoms with E-state index in [-0.39, 0.29) is 0 Å². The molecule has 6 heteroatoms. The van der Waals surface area contributed by atoms with E-state index in [9.17, 15) is 0 Å². The Morgan fingerprint density at radius 2 is 1.70 bits per heavy atom. The zero-order chi connectivity index (χ0) is 16.5. The van der Waals surface area contributed by atoms with Crippen LogP contribution in [0.15, 0.2) is 12.1 Å². The number of ether oxygens (including phenoxy) is 4. The van der Waals surface area contributed by atoms with Crippen LogP contribution in [0.5, 0.6) is 17.2 Å². The monoisotopic (exact) mass is 324 g/mol. The smallest absolute Gasteiger partial charge is 0.203 e. The summed E-state index contributed by atoms with van der Waals surface area (Å²) in [6.45, 7) is 6.69. The maximum absolute atomic E-state index is 5.37. The first-order valence-corrected chi connectivity index (χ1v) is 8.08. The molecule has 0 unspecified atom stereocenters. The van der Waals surface area contributed by atoms with Crippen LogP contribution in [0.1, 0.15) is 12.0 Å². The molecule has 0 saturated carbocycles. The Labute approximate surface area is 138 Å². The molecule has 1 saturated heterocycles. The molecular weight excluding hydrogens is 296 g/mol. The highest BCUT2D eigenvalue weighted by Crippen LogP contribution is 2.38. The van der Waals surface area contributed by atoms with Crippen LogP contribution >= 0.6 is 0 Å². The minimum atomic E-state index is 0.631. The van der Waals surface area contributed by atoms with Gasteiger partial charge in [0.05, 0.1) is 34.5 Å². The number of nitrogens with one attached hydrogen (secondary N) is 1. The Morgan fingerprint density at radius 3 is 2.26 bits per heavy atom.